The summed E-state index contributed by atoms with van der Waals surface area (Å²) in [6.07, 6.45) is 1.05. The average Bonchev–Trinajstić information content (AvgIpc) is 2.55. The minimum atomic E-state index is -3.66. The lowest BCUT2D eigenvalue weighted by Gasteiger charge is -2.22. The molecule has 2 aromatic rings. The van der Waals surface area contributed by atoms with Gasteiger partial charge in [-0.25, -0.2) is 8.42 Å². The molecule has 0 saturated carbocycles. The first kappa shape index (κ1) is 19.1. The Morgan fingerprint density at radius 2 is 1.96 bits per heavy atom. The molecule has 0 aliphatic rings. The van der Waals surface area contributed by atoms with Gasteiger partial charge in [0, 0.05) is 16.8 Å². The number of rotatable bonds is 6. The van der Waals surface area contributed by atoms with Crippen molar-refractivity contribution in [3.05, 3.63) is 53.1 Å². The third kappa shape index (κ3) is 5.11. The molecule has 1 amide bonds. The van der Waals surface area contributed by atoms with Crippen LogP contribution in [0, 0.1) is 6.92 Å². The highest BCUT2D eigenvalue weighted by Crippen LogP contribution is 2.24. The Morgan fingerprint density at radius 3 is 2.60 bits per heavy atom. The fourth-order valence-corrected chi connectivity index (χ4v) is 3.24. The second-order valence-electron chi connectivity index (χ2n) is 5.48. The highest BCUT2D eigenvalue weighted by molar-refractivity contribution is 7.92. The van der Waals surface area contributed by atoms with Crippen LogP contribution in [0.25, 0.3) is 0 Å². The van der Waals surface area contributed by atoms with Crippen LogP contribution in [0.1, 0.15) is 5.56 Å². The SMILES string of the molecule is COc1cccc(N(CC(=O)Nc2cc(Cl)ccc2C)S(C)(=O)=O)c1. The Balaban J connectivity index is 2.25. The van der Waals surface area contributed by atoms with Crippen molar-refractivity contribution >= 4 is 38.9 Å². The van der Waals surface area contributed by atoms with Crippen molar-refractivity contribution in [2.45, 2.75) is 6.92 Å². The summed E-state index contributed by atoms with van der Waals surface area (Å²) in [6.45, 7) is 1.46. The standard InChI is InChI=1S/C17H19ClN2O4S/c1-12-7-8-13(18)9-16(12)19-17(21)11-20(25(3,22)23)14-5-4-6-15(10-14)24-2/h4-10H,11H2,1-3H3,(H,19,21). The number of hydrogen-bond donors (Lipinski definition) is 1. The molecule has 6 nitrogen and oxygen atoms in total. The van der Waals surface area contributed by atoms with Gasteiger partial charge in [0.2, 0.25) is 15.9 Å². The van der Waals surface area contributed by atoms with E-state index in [1.807, 2.05) is 6.92 Å². The Kier molecular flexibility index (Phi) is 5.92. The zero-order valence-electron chi connectivity index (χ0n) is 14.1. The van der Waals surface area contributed by atoms with Crippen LogP contribution in [0.15, 0.2) is 42.5 Å². The van der Waals surface area contributed by atoms with Crippen LogP contribution in [0.3, 0.4) is 0 Å². The zero-order chi connectivity index (χ0) is 18.6. The molecule has 0 bridgehead atoms. The molecule has 0 radical (unpaired) electrons. The molecular weight excluding hydrogens is 364 g/mol. The Hall–Kier alpha value is -2.25. The number of carbonyl (C=O) groups excluding carboxylic acids is 1. The lowest BCUT2D eigenvalue weighted by Crippen LogP contribution is -2.37. The number of methoxy groups -OCH3 is 1. The third-order valence-electron chi connectivity index (χ3n) is 3.50. The van der Waals surface area contributed by atoms with E-state index in [2.05, 4.69) is 5.32 Å². The van der Waals surface area contributed by atoms with Gasteiger partial charge in [-0.15, -0.1) is 0 Å². The van der Waals surface area contributed by atoms with Crippen LogP contribution in [-0.2, 0) is 14.8 Å². The number of carbonyl (C=O) groups is 1. The van der Waals surface area contributed by atoms with Crippen molar-refractivity contribution in [3.8, 4) is 5.75 Å². The number of ether oxygens (including phenoxy) is 1. The monoisotopic (exact) mass is 382 g/mol. The number of hydrogen-bond acceptors (Lipinski definition) is 4. The third-order valence-corrected chi connectivity index (χ3v) is 4.88. The van der Waals surface area contributed by atoms with E-state index in [0.717, 1.165) is 16.1 Å². The van der Waals surface area contributed by atoms with E-state index in [1.54, 1.807) is 42.5 Å². The molecule has 0 heterocycles. The zero-order valence-corrected chi connectivity index (χ0v) is 15.7. The van der Waals surface area contributed by atoms with E-state index in [4.69, 9.17) is 16.3 Å². The van der Waals surface area contributed by atoms with Gasteiger partial charge in [0.15, 0.2) is 0 Å². The van der Waals surface area contributed by atoms with Crippen LogP contribution < -0.4 is 14.4 Å². The number of nitrogens with one attached hydrogen (secondary N) is 1. The van der Waals surface area contributed by atoms with Gasteiger partial charge in [0.05, 0.1) is 19.1 Å². The van der Waals surface area contributed by atoms with Crippen molar-refractivity contribution in [3.63, 3.8) is 0 Å². The lowest BCUT2D eigenvalue weighted by atomic mass is 10.2. The summed E-state index contributed by atoms with van der Waals surface area (Å²) in [6, 6.07) is 11.6. The van der Waals surface area contributed by atoms with Crippen LogP contribution >= 0.6 is 11.6 Å². The fraction of sp³-hybridized carbons (Fsp3) is 0.235. The van der Waals surface area contributed by atoms with Crippen molar-refractivity contribution < 1.29 is 17.9 Å². The van der Waals surface area contributed by atoms with Crippen LogP contribution in [0.4, 0.5) is 11.4 Å². The summed E-state index contributed by atoms with van der Waals surface area (Å²) < 4.78 is 30.4. The topological polar surface area (TPSA) is 75.7 Å². The molecule has 0 unspecified atom stereocenters. The van der Waals surface area contributed by atoms with Crippen LogP contribution in [-0.4, -0.2) is 34.2 Å². The maximum Gasteiger partial charge on any atom is 0.245 e. The molecule has 1 N–H and O–H groups in total. The molecule has 0 saturated heterocycles. The number of aryl methyl sites for hydroxylation is 1. The van der Waals surface area contributed by atoms with E-state index in [0.29, 0.717) is 22.1 Å². The summed E-state index contributed by atoms with van der Waals surface area (Å²) in [5.41, 5.74) is 1.71. The molecule has 0 aromatic heterocycles. The molecule has 2 rings (SSSR count). The predicted octanol–water partition coefficient (Wildman–Crippen LogP) is 3.06. The second kappa shape index (κ2) is 7.76. The first-order chi connectivity index (χ1) is 11.7. The molecule has 0 spiro atoms. The lowest BCUT2D eigenvalue weighted by molar-refractivity contribution is -0.114. The van der Waals surface area contributed by atoms with E-state index >= 15 is 0 Å². The Labute approximate surface area is 152 Å². The highest BCUT2D eigenvalue weighted by atomic mass is 35.5. The molecule has 8 heteroatoms. The van der Waals surface area contributed by atoms with Gasteiger partial charge in [-0.05, 0) is 36.8 Å². The largest absolute Gasteiger partial charge is 0.497 e. The van der Waals surface area contributed by atoms with Crippen LogP contribution in [0.5, 0.6) is 5.75 Å². The Bertz CT molecular complexity index is 884. The van der Waals surface area contributed by atoms with Crippen molar-refractivity contribution in [2.75, 3.05) is 29.5 Å². The number of amides is 1. The maximum absolute atomic E-state index is 12.4. The summed E-state index contributed by atoms with van der Waals surface area (Å²) in [7, 11) is -2.17. The number of sulfonamides is 1. The van der Waals surface area contributed by atoms with Gasteiger partial charge >= 0.3 is 0 Å². The van der Waals surface area contributed by atoms with E-state index in [9.17, 15) is 13.2 Å². The van der Waals surface area contributed by atoms with E-state index in [1.165, 1.54) is 7.11 Å². The quantitative estimate of drug-likeness (QED) is 0.833. The first-order valence-electron chi connectivity index (χ1n) is 7.38. The molecule has 2 aromatic carbocycles. The van der Waals surface area contributed by atoms with Gasteiger partial charge in [-0.3, -0.25) is 9.10 Å². The first-order valence-corrected chi connectivity index (χ1v) is 9.61. The van der Waals surface area contributed by atoms with Gasteiger partial charge in [0.25, 0.3) is 0 Å². The summed E-state index contributed by atoms with van der Waals surface area (Å²) in [5, 5.41) is 3.17. The normalized spacial score (nSPS) is 11.0. The van der Waals surface area contributed by atoms with Gasteiger partial charge in [-0.1, -0.05) is 23.7 Å². The number of benzene rings is 2. The number of anilines is 2. The van der Waals surface area contributed by atoms with Crippen molar-refractivity contribution in [1.82, 2.24) is 0 Å². The van der Waals surface area contributed by atoms with E-state index < -0.39 is 15.9 Å². The molecule has 25 heavy (non-hydrogen) atoms. The molecule has 0 atom stereocenters. The summed E-state index contributed by atoms with van der Waals surface area (Å²) >= 11 is 5.94. The summed E-state index contributed by atoms with van der Waals surface area (Å²) in [5.74, 6) is 0.0239. The van der Waals surface area contributed by atoms with Gasteiger partial charge in [-0.2, -0.15) is 0 Å². The molecule has 0 fully saturated rings. The molecule has 0 aliphatic heterocycles. The highest BCUT2D eigenvalue weighted by Gasteiger charge is 2.21. The molecule has 134 valence electrons. The summed E-state index contributed by atoms with van der Waals surface area (Å²) in [4.78, 5) is 12.4. The predicted molar refractivity (Wildman–Crippen MR) is 100 cm³/mol. The van der Waals surface area contributed by atoms with Crippen molar-refractivity contribution in [2.24, 2.45) is 0 Å². The minimum Gasteiger partial charge on any atom is -0.497 e. The van der Waals surface area contributed by atoms with E-state index in [-0.39, 0.29) is 6.54 Å². The average molecular weight is 383 g/mol. The maximum atomic E-state index is 12.4. The van der Waals surface area contributed by atoms with Gasteiger partial charge in [0.1, 0.15) is 12.3 Å². The molecule has 0 aliphatic carbocycles. The number of nitrogens with zero attached hydrogens (tertiary/aromatic N) is 1. The van der Waals surface area contributed by atoms with Gasteiger partial charge < -0.3 is 10.1 Å². The fourth-order valence-electron chi connectivity index (χ4n) is 2.21. The smallest absolute Gasteiger partial charge is 0.245 e. The minimum absolute atomic E-state index is 0.347. The molecular formula is C17H19ClN2O4S. The second-order valence-corrected chi connectivity index (χ2v) is 7.82. The number of halogens is 1. The van der Waals surface area contributed by atoms with Crippen molar-refractivity contribution in [1.29, 1.82) is 0 Å². The van der Waals surface area contributed by atoms with Crippen LogP contribution in [0.2, 0.25) is 5.02 Å². The Morgan fingerprint density at radius 1 is 1.24 bits per heavy atom.